The molecule has 0 unspecified atom stereocenters. The van der Waals surface area contributed by atoms with Crippen LogP contribution < -0.4 is 5.32 Å². The molecular formula is C21H17FN4O. The maximum absolute atomic E-state index is 12.9. The number of anilines is 1. The number of nitrogens with one attached hydrogen (secondary N) is 2. The molecule has 0 bridgehead atoms. The number of aromatic amines is 1. The van der Waals surface area contributed by atoms with E-state index in [9.17, 15) is 9.18 Å². The molecule has 0 aliphatic rings. The maximum Gasteiger partial charge on any atom is 0.225 e. The fourth-order valence-corrected chi connectivity index (χ4v) is 2.91. The molecule has 0 saturated heterocycles. The Labute approximate surface area is 155 Å². The molecule has 5 nitrogen and oxygen atoms in total. The molecule has 2 aromatic heterocycles. The molecular weight excluding hydrogens is 343 g/mol. The number of nitrogens with zero attached hydrogens (tertiary/aromatic N) is 2. The highest BCUT2D eigenvalue weighted by Crippen LogP contribution is 2.24. The summed E-state index contributed by atoms with van der Waals surface area (Å²) in [6.45, 7) is 0. The van der Waals surface area contributed by atoms with Crippen molar-refractivity contribution in [2.45, 2.75) is 12.8 Å². The summed E-state index contributed by atoms with van der Waals surface area (Å²) >= 11 is 0. The first-order valence-corrected chi connectivity index (χ1v) is 8.61. The number of rotatable bonds is 5. The average Bonchev–Trinajstić information content (AvgIpc) is 3.22. The van der Waals surface area contributed by atoms with Crippen molar-refractivity contribution >= 4 is 22.5 Å². The Balaban J connectivity index is 1.46. The van der Waals surface area contributed by atoms with Crippen LogP contribution in [-0.2, 0) is 11.2 Å². The van der Waals surface area contributed by atoms with Crippen LogP contribution in [-0.4, -0.2) is 21.1 Å². The van der Waals surface area contributed by atoms with Crippen molar-refractivity contribution in [2.24, 2.45) is 0 Å². The van der Waals surface area contributed by atoms with Crippen molar-refractivity contribution in [1.82, 2.24) is 15.2 Å². The van der Waals surface area contributed by atoms with Crippen LogP contribution in [0.15, 0.2) is 67.1 Å². The second kappa shape index (κ2) is 7.37. The van der Waals surface area contributed by atoms with E-state index in [1.165, 1.54) is 12.1 Å². The molecule has 6 heteroatoms. The van der Waals surface area contributed by atoms with Gasteiger partial charge in [-0.25, -0.2) is 9.37 Å². The fourth-order valence-electron chi connectivity index (χ4n) is 2.91. The molecule has 134 valence electrons. The van der Waals surface area contributed by atoms with Crippen molar-refractivity contribution < 1.29 is 9.18 Å². The number of H-pyrrole nitrogens is 1. The van der Waals surface area contributed by atoms with E-state index in [0.717, 1.165) is 27.5 Å². The quantitative estimate of drug-likeness (QED) is 0.556. The minimum absolute atomic E-state index is 0.128. The Hall–Kier alpha value is -3.54. The van der Waals surface area contributed by atoms with Crippen LogP contribution in [0.25, 0.3) is 21.9 Å². The van der Waals surface area contributed by atoms with Crippen LogP contribution in [0.2, 0.25) is 0 Å². The number of hydrogen-bond donors (Lipinski definition) is 2. The van der Waals surface area contributed by atoms with E-state index in [1.807, 2.05) is 30.5 Å². The summed E-state index contributed by atoms with van der Waals surface area (Å²) in [5.74, 6) is 0.103. The lowest BCUT2D eigenvalue weighted by Crippen LogP contribution is -2.13. The predicted octanol–water partition coefficient (Wildman–Crippen LogP) is 4.34. The predicted molar refractivity (Wildman–Crippen MR) is 103 cm³/mol. The zero-order valence-corrected chi connectivity index (χ0v) is 14.4. The number of aryl methyl sites for hydroxylation is 1. The molecule has 0 aliphatic carbocycles. The number of aromatic nitrogens is 3. The average molecular weight is 360 g/mol. The van der Waals surface area contributed by atoms with Gasteiger partial charge in [0, 0.05) is 29.8 Å². The highest BCUT2D eigenvalue weighted by molar-refractivity contribution is 5.94. The van der Waals surface area contributed by atoms with E-state index in [0.29, 0.717) is 18.7 Å². The Morgan fingerprint density at radius 2 is 1.85 bits per heavy atom. The summed E-state index contributed by atoms with van der Waals surface area (Å²) in [6, 6.07) is 14.1. The van der Waals surface area contributed by atoms with Gasteiger partial charge in [0.05, 0.1) is 6.20 Å². The summed E-state index contributed by atoms with van der Waals surface area (Å²) in [6.07, 6.45) is 6.19. The first-order chi connectivity index (χ1) is 13.2. The Morgan fingerprint density at radius 1 is 1.00 bits per heavy atom. The van der Waals surface area contributed by atoms with Crippen molar-refractivity contribution in [3.05, 3.63) is 78.5 Å². The van der Waals surface area contributed by atoms with E-state index in [2.05, 4.69) is 20.5 Å². The smallest absolute Gasteiger partial charge is 0.225 e. The van der Waals surface area contributed by atoms with Crippen LogP contribution in [0, 0.1) is 5.82 Å². The van der Waals surface area contributed by atoms with Crippen LogP contribution in [0.5, 0.6) is 0 Å². The summed E-state index contributed by atoms with van der Waals surface area (Å²) in [5, 5.41) is 11.6. The van der Waals surface area contributed by atoms with Crippen molar-refractivity contribution in [2.75, 3.05) is 5.32 Å². The van der Waals surface area contributed by atoms with Crippen LogP contribution >= 0.6 is 0 Å². The van der Waals surface area contributed by atoms with Gasteiger partial charge in [-0.3, -0.25) is 9.89 Å². The first kappa shape index (κ1) is 16.9. The van der Waals surface area contributed by atoms with Gasteiger partial charge in [-0.15, -0.1) is 0 Å². The van der Waals surface area contributed by atoms with Crippen LogP contribution in [0.4, 0.5) is 10.2 Å². The van der Waals surface area contributed by atoms with Crippen LogP contribution in [0.3, 0.4) is 0 Å². The third kappa shape index (κ3) is 4.00. The molecule has 0 fully saturated rings. The van der Waals surface area contributed by atoms with Crippen molar-refractivity contribution in [3.8, 4) is 11.1 Å². The minimum Gasteiger partial charge on any atom is -0.311 e. The SMILES string of the molecule is O=C(CCc1ccc(F)cc1)Nc1cc2cc(-c3cn[nH]c3)ccc2cn1. The Kier molecular flexibility index (Phi) is 4.61. The molecule has 2 heterocycles. The molecule has 0 atom stereocenters. The highest BCUT2D eigenvalue weighted by atomic mass is 19.1. The number of halogens is 1. The van der Waals surface area contributed by atoms with E-state index in [4.69, 9.17) is 0 Å². The zero-order chi connectivity index (χ0) is 18.6. The number of carbonyl (C=O) groups excluding carboxylic acids is 1. The van der Waals surface area contributed by atoms with E-state index < -0.39 is 0 Å². The lowest BCUT2D eigenvalue weighted by molar-refractivity contribution is -0.116. The number of pyridine rings is 1. The van der Waals surface area contributed by atoms with Gasteiger partial charge in [0.1, 0.15) is 11.6 Å². The third-order valence-electron chi connectivity index (χ3n) is 4.37. The lowest BCUT2D eigenvalue weighted by Gasteiger charge is -2.07. The largest absolute Gasteiger partial charge is 0.311 e. The molecule has 1 amide bonds. The van der Waals surface area contributed by atoms with Gasteiger partial charge in [0.15, 0.2) is 0 Å². The Bertz CT molecular complexity index is 1080. The van der Waals surface area contributed by atoms with E-state index >= 15 is 0 Å². The van der Waals surface area contributed by atoms with Gasteiger partial charge >= 0.3 is 0 Å². The van der Waals surface area contributed by atoms with Gasteiger partial charge in [0.2, 0.25) is 5.91 Å². The number of carbonyl (C=O) groups is 1. The third-order valence-corrected chi connectivity index (χ3v) is 4.37. The monoisotopic (exact) mass is 360 g/mol. The topological polar surface area (TPSA) is 70.7 Å². The normalized spacial score (nSPS) is 10.9. The summed E-state index contributed by atoms with van der Waals surface area (Å²) in [5.41, 5.74) is 2.96. The lowest BCUT2D eigenvalue weighted by atomic mass is 10.1. The van der Waals surface area contributed by atoms with Crippen LogP contribution in [0.1, 0.15) is 12.0 Å². The molecule has 4 aromatic rings. The summed E-state index contributed by atoms with van der Waals surface area (Å²) in [4.78, 5) is 16.5. The number of hydrogen-bond acceptors (Lipinski definition) is 3. The fraction of sp³-hybridized carbons (Fsp3) is 0.0952. The molecule has 27 heavy (non-hydrogen) atoms. The number of amides is 1. The Morgan fingerprint density at radius 3 is 2.63 bits per heavy atom. The van der Waals surface area contributed by atoms with Gasteiger partial charge in [-0.05, 0) is 47.2 Å². The van der Waals surface area contributed by atoms with Crippen molar-refractivity contribution in [1.29, 1.82) is 0 Å². The number of benzene rings is 2. The second-order valence-electron chi connectivity index (χ2n) is 6.29. The first-order valence-electron chi connectivity index (χ1n) is 8.61. The second-order valence-corrected chi connectivity index (χ2v) is 6.29. The summed E-state index contributed by atoms with van der Waals surface area (Å²) < 4.78 is 12.9. The molecule has 2 N–H and O–H groups in total. The zero-order valence-electron chi connectivity index (χ0n) is 14.4. The van der Waals surface area contributed by atoms with E-state index in [-0.39, 0.29) is 11.7 Å². The highest BCUT2D eigenvalue weighted by Gasteiger charge is 2.07. The molecule has 0 saturated carbocycles. The minimum atomic E-state index is -0.279. The van der Waals surface area contributed by atoms with Gasteiger partial charge in [-0.2, -0.15) is 5.10 Å². The molecule has 0 radical (unpaired) electrons. The number of fused-ring (bicyclic) bond motifs is 1. The maximum atomic E-state index is 12.9. The molecule has 2 aromatic carbocycles. The van der Waals surface area contributed by atoms with Crippen molar-refractivity contribution in [3.63, 3.8) is 0 Å². The molecule has 4 rings (SSSR count). The standard InChI is InChI=1S/C21H17FN4O/c22-19-6-1-14(2-7-19)3-8-21(27)26-20-10-17-9-15(18-12-24-25-13-18)4-5-16(17)11-23-20/h1-2,4-7,9-13H,3,8H2,(H,24,25)(H,23,26,27). The summed E-state index contributed by atoms with van der Waals surface area (Å²) in [7, 11) is 0. The van der Waals surface area contributed by atoms with Gasteiger partial charge in [0.25, 0.3) is 0 Å². The molecule has 0 spiro atoms. The molecule has 0 aliphatic heterocycles. The van der Waals surface area contributed by atoms with Gasteiger partial charge < -0.3 is 5.32 Å². The van der Waals surface area contributed by atoms with E-state index in [1.54, 1.807) is 24.5 Å². The van der Waals surface area contributed by atoms with Gasteiger partial charge in [-0.1, -0.05) is 24.3 Å².